The Kier molecular flexibility index (Phi) is 22.9. The maximum Gasteiger partial charge on any atom is 0.243 e. The van der Waals surface area contributed by atoms with Crippen molar-refractivity contribution in [3.63, 3.8) is 0 Å². The lowest BCUT2D eigenvalue weighted by Gasteiger charge is -2.23. The van der Waals surface area contributed by atoms with E-state index in [1.165, 1.54) is 0 Å². The maximum atomic E-state index is 13.1. The molecule has 13 heteroatoms. The smallest absolute Gasteiger partial charge is 0.243 e. The molecule has 1 aromatic carbocycles. The number of hydrogen-bond acceptors (Lipinski definition) is 7. The van der Waals surface area contributed by atoms with Gasteiger partial charge < -0.3 is 38.1 Å². The van der Waals surface area contributed by atoms with Gasteiger partial charge in [-0.2, -0.15) is 0 Å². The number of primary amides is 1. The Morgan fingerprint density at radius 2 is 1.33 bits per heavy atom. The van der Waals surface area contributed by atoms with E-state index in [2.05, 4.69) is 45.1 Å². The van der Waals surface area contributed by atoms with E-state index in [-0.39, 0.29) is 17.7 Å². The standard InChI is InChI=1S/C33H57Cl2N7O4/c1-25(9-2-5-20-36)32(45)41-29(12-3-6-21-37)33(46)40-28(31(38)44)11-4-7-22-39-30(43)13-8-10-26-14-16-27(17-15-26)42(23-18-34)24-19-35/h14-17,25,28-29H,2-13,18-24,36-37H2,1H3,(H2,38,44)(H,39,43)(H,40,46)(H,41,45)/t25-,28-,29-/m0/s1. The summed E-state index contributed by atoms with van der Waals surface area (Å²) in [6, 6.07) is 6.59. The molecule has 9 N–H and O–H groups in total. The van der Waals surface area contributed by atoms with Crippen LogP contribution in [0.25, 0.3) is 0 Å². The van der Waals surface area contributed by atoms with E-state index in [0.29, 0.717) is 82.8 Å². The molecule has 0 fully saturated rings. The number of carbonyl (C=O) groups is 4. The van der Waals surface area contributed by atoms with E-state index in [1.807, 2.05) is 6.92 Å². The molecule has 262 valence electrons. The maximum absolute atomic E-state index is 13.1. The Morgan fingerprint density at radius 1 is 0.761 bits per heavy atom. The fourth-order valence-electron chi connectivity index (χ4n) is 5.05. The summed E-state index contributed by atoms with van der Waals surface area (Å²) < 4.78 is 0. The molecule has 0 bridgehead atoms. The SMILES string of the molecule is C[C@@H](CCCCN)C(=O)N[C@@H](CCCCN)C(=O)N[C@@H](CCCCNC(=O)CCCc1ccc(N(CCCl)CCCl)cc1)C(N)=O. The van der Waals surface area contributed by atoms with Gasteiger partial charge in [0.05, 0.1) is 0 Å². The molecule has 46 heavy (non-hydrogen) atoms. The lowest BCUT2D eigenvalue weighted by Crippen LogP contribution is -2.53. The first-order chi connectivity index (χ1) is 22.2. The van der Waals surface area contributed by atoms with E-state index < -0.39 is 23.9 Å². The Morgan fingerprint density at radius 3 is 1.91 bits per heavy atom. The molecule has 0 unspecified atom stereocenters. The fraction of sp³-hybridized carbons (Fsp3) is 0.697. The molecule has 0 radical (unpaired) electrons. The Hall–Kier alpha value is -2.60. The minimum absolute atomic E-state index is 0.0277. The topological polar surface area (TPSA) is 186 Å². The normalized spacial score (nSPS) is 13.0. The number of alkyl halides is 2. The summed E-state index contributed by atoms with van der Waals surface area (Å²) in [7, 11) is 0. The fourth-order valence-corrected chi connectivity index (χ4v) is 5.46. The molecule has 1 aromatic rings. The first-order valence-electron chi connectivity index (χ1n) is 16.7. The third kappa shape index (κ3) is 17.9. The monoisotopic (exact) mass is 685 g/mol. The number of unbranched alkanes of at least 4 members (excludes halogenated alkanes) is 3. The van der Waals surface area contributed by atoms with Gasteiger partial charge in [0.1, 0.15) is 12.1 Å². The predicted molar refractivity (Wildman–Crippen MR) is 188 cm³/mol. The molecule has 3 atom stereocenters. The summed E-state index contributed by atoms with van der Waals surface area (Å²) in [5, 5.41) is 8.50. The number of hydrogen-bond donors (Lipinski definition) is 6. The minimum Gasteiger partial charge on any atom is -0.369 e. The summed E-state index contributed by atoms with van der Waals surface area (Å²) in [6.07, 6.45) is 7.60. The highest BCUT2D eigenvalue weighted by atomic mass is 35.5. The summed E-state index contributed by atoms with van der Waals surface area (Å²) in [5.41, 5.74) is 19.0. The van der Waals surface area contributed by atoms with Crippen molar-refractivity contribution in [2.45, 2.75) is 96.1 Å². The lowest BCUT2D eigenvalue weighted by atomic mass is 10.0. The van der Waals surface area contributed by atoms with Crippen LogP contribution >= 0.6 is 23.2 Å². The van der Waals surface area contributed by atoms with Gasteiger partial charge in [-0.1, -0.05) is 25.5 Å². The van der Waals surface area contributed by atoms with Crippen molar-refractivity contribution < 1.29 is 19.2 Å². The second-order valence-corrected chi connectivity index (χ2v) is 12.5. The predicted octanol–water partition coefficient (Wildman–Crippen LogP) is 2.93. The third-order valence-electron chi connectivity index (χ3n) is 7.90. The third-order valence-corrected chi connectivity index (χ3v) is 8.24. The number of aryl methyl sites for hydroxylation is 1. The van der Waals surface area contributed by atoms with Crippen molar-refractivity contribution in [2.75, 3.05) is 49.4 Å². The van der Waals surface area contributed by atoms with E-state index >= 15 is 0 Å². The van der Waals surface area contributed by atoms with Crippen molar-refractivity contribution >= 4 is 52.5 Å². The van der Waals surface area contributed by atoms with Crippen molar-refractivity contribution in [3.8, 4) is 0 Å². The average Bonchev–Trinajstić information content (AvgIpc) is 3.03. The molecule has 11 nitrogen and oxygen atoms in total. The molecular weight excluding hydrogens is 629 g/mol. The van der Waals surface area contributed by atoms with Crippen LogP contribution in [0.15, 0.2) is 24.3 Å². The zero-order valence-electron chi connectivity index (χ0n) is 27.5. The highest BCUT2D eigenvalue weighted by Gasteiger charge is 2.26. The summed E-state index contributed by atoms with van der Waals surface area (Å²) in [5.74, 6) is -0.508. The summed E-state index contributed by atoms with van der Waals surface area (Å²) in [4.78, 5) is 52.4. The molecule has 4 amide bonds. The number of nitrogens with one attached hydrogen (secondary N) is 3. The van der Waals surface area contributed by atoms with Crippen LogP contribution in [0.5, 0.6) is 0 Å². The van der Waals surface area contributed by atoms with Crippen molar-refractivity contribution in [3.05, 3.63) is 29.8 Å². The van der Waals surface area contributed by atoms with Gasteiger partial charge in [0.15, 0.2) is 0 Å². The van der Waals surface area contributed by atoms with Crippen LogP contribution in [-0.4, -0.2) is 80.2 Å². The number of halogens is 2. The van der Waals surface area contributed by atoms with Crippen LogP contribution in [0.2, 0.25) is 0 Å². The van der Waals surface area contributed by atoms with Crippen molar-refractivity contribution in [1.82, 2.24) is 16.0 Å². The number of amides is 4. The van der Waals surface area contributed by atoms with Crippen molar-refractivity contribution in [1.29, 1.82) is 0 Å². The van der Waals surface area contributed by atoms with Crippen LogP contribution in [0.3, 0.4) is 0 Å². The summed E-state index contributed by atoms with van der Waals surface area (Å²) in [6.45, 7) is 4.81. The molecule has 0 aliphatic rings. The van der Waals surface area contributed by atoms with E-state index in [1.54, 1.807) is 0 Å². The van der Waals surface area contributed by atoms with Gasteiger partial charge in [-0.25, -0.2) is 0 Å². The van der Waals surface area contributed by atoms with Gasteiger partial charge in [0.25, 0.3) is 0 Å². The van der Waals surface area contributed by atoms with E-state index in [0.717, 1.165) is 50.0 Å². The number of rotatable bonds is 27. The number of benzene rings is 1. The van der Waals surface area contributed by atoms with E-state index in [9.17, 15) is 19.2 Å². The molecular formula is C33H57Cl2N7O4. The molecule has 0 aliphatic carbocycles. The zero-order chi connectivity index (χ0) is 34.2. The average molecular weight is 687 g/mol. The molecule has 0 aromatic heterocycles. The van der Waals surface area contributed by atoms with Crippen LogP contribution in [-0.2, 0) is 25.6 Å². The zero-order valence-corrected chi connectivity index (χ0v) is 29.1. The Bertz CT molecular complexity index is 1010. The highest BCUT2D eigenvalue weighted by Crippen LogP contribution is 2.17. The number of nitrogens with two attached hydrogens (primary N) is 3. The molecule has 0 heterocycles. The quantitative estimate of drug-likeness (QED) is 0.0607. The van der Waals surface area contributed by atoms with Gasteiger partial charge in [-0.05, 0) is 95.0 Å². The van der Waals surface area contributed by atoms with Gasteiger partial charge in [-0.3, -0.25) is 19.2 Å². The van der Waals surface area contributed by atoms with Gasteiger partial charge >= 0.3 is 0 Å². The van der Waals surface area contributed by atoms with Crippen LogP contribution < -0.4 is 38.1 Å². The molecule has 0 saturated carbocycles. The number of nitrogens with zero attached hydrogens (tertiary/aromatic N) is 1. The lowest BCUT2D eigenvalue weighted by molar-refractivity contribution is -0.132. The second-order valence-electron chi connectivity index (χ2n) is 11.7. The van der Waals surface area contributed by atoms with Crippen LogP contribution in [0, 0.1) is 5.92 Å². The Balaban J connectivity index is 2.45. The van der Waals surface area contributed by atoms with Crippen molar-refractivity contribution in [2.24, 2.45) is 23.1 Å². The molecule has 1 rings (SSSR count). The molecule has 0 aliphatic heterocycles. The largest absolute Gasteiger partial charge is 0.369 e. The number of carbonyl (C=O) groups excluding carboxylic acids is 4. The van der Waals surface area contributed by atoms with Gasteiger partial charge in [0.2, 0.25) is 23.6 Å². The first-order valence-corrected chi connectivity index (χ1v) is 17.8. The van der Waals surface area contributed by atoms with Gasteiger partial charge in [-0.15, -0.1) is 23.2 Å². The molecule has 0 saturated heterocycles. The number of anilines is 1. The second kappa shape index (κ2) is 25.5. The van der Waals surface area contributed by atoms with Crippen LogP contribution in [0.4, 0.5) is 5.69 Å². The summed E-state index contributed by atoms with van der Waals surface area (Å²) >= 11 is 11.8. The van der Waals surface area contributed by atoms with E-state index in [4.69, 9.17) is 40.4 Å². The minimum atomic E-state index is -0.873. The van der Waals surface area contributed by atoms with Crippen LogP contribution in [0.1, 0.15) is 83.1 Å². The Labute approximate surface area is 285 Å². The first kappa shape index (κ1) is 41.4. The highest BCUT2D eigenvalue weighted by molar-refractivity contribution is 6.18. The molecule has 0 spiro atoms. The van der Waals surface area contributed by atoms with Gasteiger partial charge in [0, 0.05) is 49.4 Å².